The molecular weight excluding hydrogens is 336 g/mol. The minimum atomic E-state index is -0.380. The number of nitrogens with zero attached hydrogens (tertiary/aromatic N) is 6. The molecule has 3 heterocycles. The number of rotatable bonds is 3. The lowest BCUT2D eigenvalue weighted by Gasteiger charge is -2.33. The van der Waals surface area contributed by atoms with Crippen LogP contribution in [-0.2, 0) is 4.79 Å². The first kappa shape index (κ1) is 16.0. The molecule has 9 nitrogen and oxygen atoms in total. The van der Waals surface area contributed by atoms with Crippen molar-refractivity contribution in [1.29, 1.82) is 0 Å². The smallest absolute Gasteiger partial charge is 0.294 e. The number of carbonyl (C=O) groups is 2. The van der Waals surface area contributed by atoms with Gasteiger partial charge in [-0.25, -0.2) is 9.50 Å². The molecule has 1 aliphatic rings. The van der Waals surface area contributed by atoms with E-state index in [4.69, 9.17) is 4.74 Å². The topological polar surface area (TPSA) is 92.9 Å². The number of ether oxygens (including phenoxy) is 1. The van der Waals surface area contributed by atoms with Crippen LogP contribution in [0.5, 0.6) is 5.75 Å². The summed E-state index contributed by atoms with van der Waals surface area (Å²) in [6.07, 6.45) is 3.24. The lowest BCUT2D eigenvalue weighted by Crippen LogP contribution is -2.52. The second kappa shape index (κ2) is 6.43. The zero-order chi connectivity index (χ0) is 18.1. The van der Waals surface area contributed by atoms with Gasteiger partial charge in [0.1, 0.15) is 12.3 Å². The minimum Gasteiger partial charge on any atom is -0.497 e. The fraction of sp³-hybridized carbons (Fsp3) is 0.235. The third-order valence-electron chi connectivity index (χ3n) is 4.18. The number of hydrogen-bond donors (Lipinski definition) is 0. The molecule has 0 saturated carbocycles. The summed E-state index contributed by atoms with van der Waals surface area (Å²) in [6, 6.07) is 8.98. The van der Waals surface area contributed by atoms with E-state index in [1.165, 1.54) is 9.42 Å². The number of carbonyl (C=O) groups excluding carboxylic acids is 2. The molecule has 2 amide bonds. The number of methoxy groups -OCH3 is 1. The van der Waals surface area contributed by atoms with Gasteiger partial charge in [-0.2, -0.15) is 4.98 Å². The number of hydrogen-bond acceptors (Lipinski definition) is 6. The summed E-state index contributed by atoms with van der Waals surface area (Å²) in [4.78, 5) is 36.4. The Kier molecular flexibility index (Phi) is 3.96. The van der Waals surface area contributed by atoms with Crippen molar-refractivity contribution in [3.63, 3.8) is 0 Å². The van der Waals surface area contributed by atoms with Crippen LogP contribution in [0.2, 0.25) is 0 Å². The Bertz CT molecular complexity index is 952. The summed E-state index contributed by atoms with van der Waals surface area (Å²) in [5.74, 6) is 0.507. The maximum atomic E-state index is 12.6. The van der Waals surface area contributed by atoms with E-state index in [9.17, 15) is 9.59 Å². The molecule has 0 spiro atoms. The molecule has 0 aliphatic carbocycles. The van der Waals surface area contributed by atoms with Gasteiger partial charge in [-0.05, 0) is 18.2 Å². The molecule has 0 unspecified atom stereocenters. The van der Waals surface area contributed by atoms with Crippen LogP contribution in [0.1, 0.15) is 10.6 Å². The first-order valence-corrected chi connectivity index (χ1v) is 8.07. The molecule has 3 aromatic rings. The van der Waals surface area contributed by atoms with Crippen LogP contribution in [0, 0.1) is 0 Å². The molecule has 9 heteroatoms. The van der Waals surface area contributed by atoms with Crippen molar-refractivity contribution in [2.75, 3.05) is 31.6 Å². The van der Waals surface area contributed by atoms with E-state index >= 15 is 0 Å². The Hall–Kier alpha value is -3.49. The maximum Gasteiger partial charge on any atom is 0.294 e. The van der Waals surface area contributed by atoms with Gasteiger partial charge in [0.05, 0.1) is 7.11 Å². The standard InChI is InChI=1S/C17H16N6O3/c1-26-13-5-2-4-12(10-13)22-9-8-21(11-14(22)24)16(25)15-19-17-18-6-3-7-23(17)20-15/h2-7,10H,8-9,11H2,1H3. The molecule has 0 bridgehead atoms. The second-order valence-electron chi connectivity index (χ2n) is 5.77. The molecular formula is C17H16N6O3. The minimum absolute atomic E-state index is 0.0287. The van der Waals surface area contributed by atoms with E-state index in [-0.39, 0.29) is 24.2 Å². The number of anilines is 1. The third-order valence-corrected chi connectivity index (χ3v) is 4.18. The summed E-state index contributed by atoms with van der Waals surface area (Å²) < 4.78 is 6.63. The quantitative estimate of drug-likeness (QED) is 0.686. The van der Waals surface area contributed by atoms with E-state index in [1.807, 2.05) is 18.2 Å². The van der Waals surface area contributed by atoms with Gasteiger partial charge in [0.25, 0.3) is 11.7 Å². The van der Waals surface area contributed by atoms with Crippen LogP contribution < -0.4 is 9.64 Å². The normalized spacial score (nSPS) is 14.7. The first-order valence-electron chi connectivity index (χ1n) is 8.07. The average molecular weight is 352 g/mol. The highest BCUT2D eigenvalue weighted by molar-refractivity contribution is 6.00. The van der Waals surface area contributed by atoms with Gasteiger partial charge >= 0.3 is 0 Å². The lowest BCUT2D eigenvalue weighted by molar-refractivity contribution is -0.120. The molecule has 132 valence electrons. The fourth-order valence-electron chi connectivity index (χ4n) is 2.86. The Morgan fingerprint density at radius 3 is 2.88 bits per heavy atom. The van der Waals surface area contributed by atoms with Gasteiger partial charge in [0.15, 0.2) is 0 Å². The predicted molar refractivity (Wildman–Crippen MR) is 92.0 cm³/mol. The number of piperazine rings is 1. The first-order chi connectivity index (χ1) is 12.7. The summed E-state index contributed by atoms with van der Waals surface area (Å²) in [5.41, 5.74) is 0.747. The Morgan fingerprint density at radius 2 is 2.12 bits per heavy atom. The van der Waals surface area contributed by atoms with Crippen molar-refractivity contribution in [2.45, 2.75) is 0 Å². The van der Waals surface area contributed by atoms with Gasteiger partial charge in [-0.15, -0.1) is 5.10 Å². The van der Waals surface area contributed by atoms with Gasteiger partial charge < -0.3 is 14.5 Å². The van der Waals surface area contributed by atoms with Crippen molar-refractivity contribution in [3.05, 3.63) is 48.5 Å². The highest BCUT2D eigenvalue weighted by Crippen LogP contribution is 2.23. The van der Waals surface area contributed by atoms with E-state index in [2.05, 4.69) is 15.1 Å². The van der Waals surface area contributed by atoms with Crippen molar-refractivity contribution in [1.82, 2.24) is 24.5 Å². The van der Waals surface area contributed by atoms with Gasteiger partial charge in [0, 0.05) is 37.2 Å². The third kappa shape index (κ3) is 2.83. The summed E-state index contributed by atoms with van der Waals surface area (Å²) in [5, 5.41) is 4.12. The molecule has 1 saturated heterocycles. The summed E-state index contributed by atoms with van der Waals surface area (Å²) in [7, 11) is 1.58. The zero-order valence-corrected chi connectivity index (χ0v) is 14.1. The van der Waals surface area contributed by atoms with Crippen LogP contribution in [-0.4, -0.2) is 63.0 Å². The molecule has 0 radical (unpaired) electrons. The molecule has 1 aromatic carbocycles. The van der Waals surface area contributed by atoms with Gasteiger partial charge in [-0.1, -0.05) is 6.07 Å². The molecule has 1 fully saturated rings. The Balaban J connectivity index is 1.51. The fourth-order valence-corrected chi connectivity index (χ4v) is 2.86. The Labute approximate surface area is 148 Å². The molecule has 0 atom stereocenters. The second-order valence-corrected chi connectivity index (χ2v) is 5.77. The Morgan fingerprint density at radius 1 is 1.23 bits per heavy atom. The highest BCUT2D eigenvalue weighted by Gasteiger charge is 2.30. The highest BCUT2D eigenvalue weighted by atomic mass is 16.5. The van der Waals surface area contributed by atoms with E-state index in [0.717, 1.165) is 5.69 Å². The summed E-state index contributed by atoms with van der Waals surface area (Å²) >= 11 is 0. The van der Waals surface area contributed by atoms with Gasteiger partial charge in [-0.3, -0.25) is 9.59 Å². The summed E-state index contributed by atoms with van der Waals surface area (Å²) in [6.45, 7) is 0.757. The SMILES string of the molecule is COc1cccc(N2CCN(C(=O)c3nc4ncccn4n3)CC2=O)c1. The number of amides is 2. The molecule has 26 heavy (non-hydrogen) atoms. The zero-order valence-electron chi connectivity index (χ0n) is 14.1. The van der Waals surface area contributed by atoms with Crippen molar-refractivity contribution < 1.29 is 14.3 Å². The van der Waals surface area contributed by atoms with Crippen molar-refractivity contribution in [2.24, 2.45) is 0 Å². The van der Waals surface area contributed by atoms with Crippen LogP contribution in [0.15, 0.2) is 42.7 Å². The monoisotopic (exact) mass is 352 g/mol. The predicted octanol–water partition coefficient (Wildman–Crippen LogP) is 0.622. The molecule has 2 aromatic heterocycles. The number of fused-ring (bicyclic) bond motifs is 1. The van der Waals surface area contributed by atoms with Crippen LogP contribution in [0.3, 0.4) is 0 Å². The van der Waals surface area contributed by atoms with Crippen molar-refractivity contribution >= 4 is 23.3 Å². The van der Waals surface area contributed by atoms with E-state index < -0.39 is 0 Å². The largest absolute Gasteiger partial charge is 0.497 e. The van der Waals surface area contributed by atoms with Crippen molar-refractivity contribution in [3.8, 4) is 5.75 Å². The average Bonchev–Trinajstić information content (AvgIpc) is 3.11. The lowest BCUT2D eigenvalue weighted by atomic mass is 10.2. The molecule has 1 aliphatic heterocycles. The maximum absolute atomic E-state index is 12.6. The van der Waals surface area contributed by atoms with E-state index in [0.29, 0.717) is 24.6 Å². The number of aromatic nitrogens is 4. The molecule has 0 N–H and O–H groups in total. The van der Waals surface area contributed by atoms with Gasteiger partial charge in [0.2, 0.25) is 11.7 Å². The van der Waals surface area contributed by atoms with Crippen LogP contribution >= 0.6 is 0 Å². The van der Waals surface area contributed by atoms with Crippen LogP contribution in [0.4, 0.5) is 5.69 Å². The molecule has 4 rings (SSSR count). The van der Waals surface area contributed by atoms with E-state index in [1.54, 1.807) is 36.5 Å². The number of benzene rings is 1. The van der Waals surface area contributed by atoms with Crippen LogP contribution in [0.25, 0.3) is 5.78 Å².